The van der Waals surface area contributed by atoms with E-state index in [2.05, 4.69) is 4.98 Å². The number of aryl methyl sites for hydroxylation is 1. The van der Waals surface area contributed by atoms with E-state index < -0.39 is 0 Å². The number of rotatable bonds is 5. The number of carbonyl (C=O) groups excluding carboxylic acids is 1. The SMILES string of the molecule is Cc1nc(COc2ccc(Cl)cc2)sc1C(=O)N1CCCCC1CN. The van der Waals surface area contributed by atoms with E-state index in [0.29, 0.717) is 23.1 Å². The van der Waals surface area contributed by atoms with Gasteiger partial charge in [0.05, 0.1) is 5.69 Å². The summed E-state index contributed by atoms with van der Waals surface area (Å²) in [7, 11) is 0. The van der Waals surface area contributed by atoms with Crippen LogP contribution in [0, 0.1) is 6.92 Å². The van der Waals surface area contributed by atoms with Crippen molar-refractivity contribution in [2.45, 2.75) is 38.8 Å². The fourth-order valence-corrected chi connectivity index (χ4v) is 4.09. The second-order valence-corrected chi connectivity index (χ2v) is 7.67. The molecule has 0 saturated carbocycles. The molecule has 1 atom stereocenters. The van der Waals surface area contributed by atoms with Crippen LogP contribution in [0.5, 0.6) is 5.75 Å². The zero-order valence-corrected chi connectivity index (χ0v) is 15.8. The van der Waals surface area contributed by atoms with Gasteiger partial charge in [-0.25, -0.2) is 4.98 Å². The number of nitrogens with two attached hydrogens (primary N) is 1. The van der Waals surface area contributed by atoms with Crippen molar-refractivity contribution in [1.82, 2.24) is 9.88 Å². The number of carbonyl (C=O) groups is 1. The van der Waals surface area contributed by atoms with Gasteiger partial charge in [-0.05, 0) is 50.5 Å². The van der Waals surface area contributed by atoms with Crippen LogP contribution in [0.1, 0.15) is 39.6 Å². The lowest BCUT2D eigenvalue weighted by Gasteiger charge is -2.34. The Labute approximate surface area is 156 Å². The summed E-state index contributed by atoms with van der Waals surface area (Å²) in [5.74, 6) is 0.771. The maximum absolute atomic E-state index is 12.9. The number of hydrogen-bond donors (Lipinski definition) is 1. The summed E-state index contributed by atoms with van der Waals surface area (Å²) in [6, 6.07) is 7.32. The highest BCUT2D eigenvalue weighted by atomic mass is 35.5. The van der Waals surface area contributed by atoms with Crippen LogP contribution in [-0.4, -0.2) is 34.9 Å². The normalized spacial score (nSPS) is 17.6. The summed E-state index contributed by atoms with van der Waals surface area (Å²) in [5.41, 5.74) is 6.60. The topological polar surface area (TPSA) is 68.5 Å². The molecular weight excluding hydrogens is 358 g/mol. The molecule has 1 saturated heterocycles. The molecule has 1 fully saturated rings. The Balaban J connectivity index is 1.68. The zero-order valence-electron chi connectivity index (χ0n) is 14.2. The molecular formula is C18H22ClN3O2S. The minimum absolute atomic E-state index is 0.0443. The first kappa shape index (κ1) is 18.2. The van der Waals surface area contributed by atoms with Gasteiger partial charge in [-0.1, -0.05) is 11.6 Å². The lowest BCUT2D eigenvalue weighted by molar-refractivity contribution is 0.0627. The van der Waals surface area contributed by atoms with Crippen LogP contribution in [0.15, 0.2) is 24.3 Å². The van der Waals surface area contributed by atoms with E-state index in [0.717, 1.165) is 42.3 Å². The number of amides is 1. The van der Waals surface area contributed by atoms with Crippen molar-refractivity contribution in [3.05, 3.63) is 44.9 Å². The molecule has 134 valence electrons. The van der Waals surface area contributed by atoms with Crippen LogP contribution in [-0.2, 0) is 6.61 Å². The summed E-state index contributed by atoms with van der Waals surface area (Å²) >= 11 is 7.27. The Hall–Kier alpha value is -1.63. The maximum Gasteiger partial charge on any atom is 0.266 e. The first-order chi connectivity index (χ1) is 12.1. The number of hydrogen-bond acceptors (Lipinski definition) is 5. The van der Waals surface area contributed by atoms with E-state index in [1.807, 2.05) is 24.0 Å². The van der Waals surface area contributed by atoms with Crippen LogP contribution in [0.3, 0.4) is 0 Å². The van der Waals surface area contributed by atoms with E-state index >= 15 is 0 Å². The highest BCUT2D eigenvalue weighted by Crippen LogP contribution is 2.25. The van der Waals surface area contributed by atoms with Crippen molar-refractivity contribution >= 4 is 28.8 Å². The maximum atomic E-state index is 12.9. The van der Waals surface area contributed by atoms with Crippen LogP contribution >= 0.6 is 22.9 Å². The van der Waals surface area contributed by atoms with Gasteiger partial charge < -0.3 is 15.4 Å². The molecule has 1 aromatic heterocycles. The predicted octanol–water partition coefficient (Wildman–Crippen LogP) is 3.64. The highest BCUT2D eigenvalue weighted by Gasteiger charge is 2.29. The summed E-state index contributed by atoms with van der Waals surface area (Å²) in [6.45, 7) is 3.49. The fourth-order valence-electron chi connectivity index (χ4n) is 3.03. The van der Waals surface area contributed by atoms with Crippen LogP contribution < -0.4 is 10.5 Å². The molecule has 0 bridgehead atoms. The summed E-state index contributed by atoms with van der Waals surface area (Å²) in [4.78, 5) is 20.0. The van der Waals surface area contributed by atoms with E-state index in [1.165, 1.54) is 11.3 Å². The predicted molar refractivity (Wildman–Crippen MR) is 100 cm³/mol. The van der Waals surface area contributed by atoms with Gasteiger partial charge in [0, 0.05) is 24.2 Å². The van der Waals surface area contributed by atoms with E-state index in [1.54, 1.807) is 12.1 Å². The minimum Gasteiger partial charge on any atom is -0.486 e. The molecule has 1 amide bonds. The molecule has 1 aromatic carbocycles. The number of halogens is 1. The van der Waals surface area contributed by atoms with Gasteiger partial charge in [0.2, 0.25) is 0 Å². The molecule has 2 aromatic rings. The van der Waals surface area contributed by atoms with Crippen molar-refractivity contribution in [2.75, 3.05) is 13.1 Å². The Bertz CT molecular complexity index is 732. The standard InChI is InChI=1S/C18H22ClN3O2S/c1-12-17(18(23)22-9-3-2-4-14(22)10-20)25-16(21-12)11-24-15-7-5-13(19)6-8-15/h5-8,14H,2-4,9-11,20H2,1H3. The first-order valence-corrected chi connectivity index (χ1v) is 9.63. The van der Waals surface area contributed by atoms with Crippen LogP contribution in [0.2, 0.25) is 5.02 Å². The summed E-state index contributed by atoms with van der Waals surface area (Å²) in [6.07, 6.45) is 3.15. The Kier molecular flexibility index (Phi) is 5.93. The van der Waals surface area contributed by atoms with Crippen molar-refractivity contribution in [2.24, 2.45) is 5.73 Å². The largest absolute Gasteiger partial charge is 0.486 e. The Morgan fingerprint density at radius 2 is 2.16 bits per heavy atom. The van der Waals surface area contributed by atoms with Gasteiger partial charge in [0.15, 0.2) is 0 Å². The minimum atomic E-state index is 0.0443. The third kappa shape index (κ3) is 4.32. The van der Waals surface area contributed by atoms with Crippen molar-refractivity contribution in [3.8, 4) is 5.75 Å². The molecule has 2 N–H and O–H groups in total. The van der Waals surface area contributed by atoms with Crippen LogP contribution in [0.4, 0.5) is 0 Å². The number of piperidine rings is 1. The third-order valence-corrected chi connectivity index (χ3v) is 5.74. The van der Waals surface area contributed by atoms with Gasteiger partial charge in [0.1, 0.15) is 22.2 Å². The average Bonchev–Trinajstić information content (AvgIpc) is 3.01. The molecule has 7 heteroatoms. The summed E-state index contributed by atoms with van der Waals surface area (Å²) in [5, 5.41) is 1.46. The smallest absolute Gasteiger partial charge is 0.266 e. The first-order valence-electron chi connectivity index (χ1n) is 8.44. The number of thiazole rings is 1. The third-order valence-electron chi connectivity index (χ3n) is 4.37. The Morgan fingerprint density at radius 3 is 2.88 bits per heavy atom. The number of aromatic nitrogens is 1. The molecule has 1 aliphatic heterocycles. The van der Waals surface area contributed by atoms with E-state index in [-0.39, 0.29) is 11.9 Å². The number of ether oxygens (including phenoxy) is 1. The number of nitrogens with zero attached hydrogens (tertiary/aromatic N) is 2. The van der Waals surface area contributed by atoms with Crippen LogP contribution in [0.25, 0.3) is 0 Å². The highest BCUT2D eigenvalue weighted by molar-refractivity contribution is 7.13. The molecule has 1 unspecified atom stereocenters. The molecule has 0 aliphatic carbocycles. The zero-order chi connectivity index (χ0) is 17.8. The quantitative estimate of drug-likeness (QED) is 0.861. The molecule has 0 spiro atoms. The lowest BCUT2D eigenvalue weighted by atomic mass is 10.0. The van der Waals surface area contributed by atoms with Crippen molar-refractivity contribution in [3.63, 3.8) is 0 Å². The van der Waals surface area contributed by atoms with Gasteiger partial charge in [-0.3, -0.25) is 4.79 Å². The molecule has 1 aliphatic rings. The molecule has 2 heterocycles. The second-order valence-electron chi connectivity index (χ2n) is 6.15. The number of likely N-dealkylation sites (tertiary alicyclic amines) is 1. The van der Waals surface area contributed by atoms with Crippen molar-refractivity contribution in [1.29, 1.82) is 0 Å². The average molecular weight is 380 g/mol. The molecule has 0 radical (unpaired) electrons. The van der Waals surface area contributed by atoms with Gasteiger partial charge in [-0.15, -0.1) is 11.3 Å². The molecule has 3 rings (SSSR count). The second kappa shape index (κ2) is 8.17. The molecule has 5 nitrogen and oxygen atoms in total. The lowest BCUT2D eigenvalue weighted by Crippen LogP contribution is -2.47. The molecule has 25 heavy (non-hydrogen) atoms. The van der Waals surface area contributed by atoms with Gasteiger partial charge >= 0.3 is 0 Å². The van der Waals surface area contributed by atoms with E-state index in [4.69, 9.17) is 22.1 Å². The monoisotopic (exact) mass is 379 g/mol. The van der Waals surface area contributed by atoms with Gasteiger partial charge in [0.25, 0.3) is 5.91 Å². The Morgan fingerprint density at radius 1 is 1.40 bits per heavy atom. The fraction of sp³-hybridized carbons (Fsp3) is 0.444. The number of benzene rings is 1. The van der Waals surface area contributed by atoms with E-state index in [9.17, 15) is 4.79 Å². The van der Waals surface area contributed by atoms with Crippen molar-refractivity contribution < 1.29 is 9.53 Å². The summed E-state index contributed by atoms with van der Waals surface area (Å²) < 4.78 is 5.73. The van der Waals surface area contributed by atoms with Gasteiger partial charge in [-0.2, -0.15) is 0 Å².